The summed E-state index contributed by atoms with van der Waals surface area (Å²) in [5.74, 6) is -0.184. The molecule has 20 heavy (non-hydrogen) atoms. The topological polar surface area (TPSA) is 84.7 Å². The molecule has 0 spiro atoms. The van der Waals surface area contributed by atoms with Crippen molar-refractivity contribution in [3.8, 4) is 0 Å². The molecule has 0 aromatic carbocycles. The molecule has 3 N–H and O–H groups in total. The lowest BCUT2D eigenvalue weighted by Crippen LogP contribution is -2.39. The maximum atomic E-state index is 11.9. The highest BCUT2D eigenvalue weighted by Crippen LogP contribution is 2.26. The average molecular weight is 287 g/mol. The molecule has 0 rings (SSSR count). The second-order valence-electron chi connectivity index (χ2n) is 5.80. The summed E-state index contributed by atoms with van der Waals surface area (Å²) in [6.07, 6.45) is 2.11. The average Bonchev–Trinajstić information content (AvgIpc) is 2.36. The van der Waals surface area contributed by atoms with E-state index in [4.69, 9.17) is 10.5 Å². The van der Waals surface area contributed by atoms with E-state index in [9.17, 15) is 9.59 Å². The zero-order chi connectivity index (χ0) is 15.6. The lowest BCUT2D eigenvalue weighted by molar-refractivity contribution is -0.135. The number of carbonyl (C=O) groups is 2. The first-order chi connectivity index (χ1) is 9.32. The standard InChI is InChI=1S/C14H29N3O3/c1-14(2,7-8-15)6-5-13(19)17(3)11-12(18)16-9-10-20-4/h5-11,15H2,1-4H3,(H,16,18). The highest BCUT2D eigenvalue weighted by atomic mass is 16.5. The Morgan fingerprint density at radius 1 is 1.30 bits per heavy atom. The molecule has 0 atom stereocenters. The molecule has 0 radical (unpaired) electrons. The van der Waals surface area contributed by atoms with E-state index in [0.717, 1.165) is 12.8 Å². The molecular weight excluding hydrogens is 258 g/mol. The van der Waals surface area contributed by atoms with Gasteiger partial charge < -0.3 is 20.7 Å². The Labute approximate surface area is 122 Å². The number of ether oxygens (including phenoxy) is 1. The molecule has 0 aliphatic heterocycles. The number of hydrogen-bond donors (Lipinski definition) is 2. The molecule has 0 fully saturated rings. The predicted octanol–water partition coefficient (Wildman–Crippen LogP) is 0.363. The minimum atomic E-state index is -0.167. The maximum absolute atomic E-state index is 11.9. The Kier molecular flexibility index (Phi) is 9.16. The zero-order valence-corrected chi connectivity index (χ0v) is 13.2. The van der Waals surface area contributed by atoms with Gasteiger partial charge in [0, 0.05) is 27.1 Å². The summed E-state index contributed by atoms with van der Waals surface area (Å²) in [6, 6.07) is 0. The van der Waals surface area contributed by atoms with Crippen molar-refractivity contribution in [1.82, 2.24) is 10.2 Å². The number of methoxy groups -OCH3 is 1. The number of carbonyl (C=O) groups excluding carboxylic acids is 2. The van der Waals surface area contributed by atoms with Crippen LogP contribution in [-0.4, -0.2) is 57.1 Å². The first-order valence-electron chi connectivity index (χ1n) is 7.02. The molecule has 0 aliphatic rings. The molecular formula is C14H29N3O3. The first-order valence-corrected chi connectivity index (χ1v) is 7.02. The smallest absolute Gasteiger partial charge is 0.239 e. The van der Waals surface area contributed by atoms with E-state index in [0.29, 0.717) is 26.1 Å². The van der Waals surface area contributed by atoms with Crippen LogP contribution < -0.4 is 11.1 Å². The van der Waals surface area contributed by atoms with Crippen molar-refractivity contribution in [3.05, 3.63) is 0 Å². The van der Waals surface area contributed by atoms with Gasteiger partial charge in [-0.2, -0.15) is 0 Å². The number of likely N-dealkylation sites (N-methyl/N-ethyl adjacent to an activating group) is 1. The number of rotatable bonds is 10. The van der Waals surface area contributed by atoms with Crippen LogP contribution in [0, 0.1) is 5.41 Å². The molecule has 6 heteroatoms. The van der Waals surface area contributed by atoms with Gasteiger partial charge in [0.1, 0.15) is 0 Å². The Balaban J connectivity index is 4.00. The predicted molar refractivity (Wildman–Crippen MR) is 79.2 cm³/mol. The molecule has 0 unspecified atom stereocenters. The highest BCUT2D eigenvalue weighted by molar-refractivity contribution is 5.84. The summed E-state index contributed by atoms with van der Waals surface area (Å²) in [6.45, 7) is 5.84. The fraction of sp³-hybridized carbons (Fsp3) is 0.857. The van der Waals surface area contributed by atoms with Crippen LogP contribution in [0.15, 0.2) is 0 Å². The molecule has 2 amide bonds. The van der Waals surface area contributed by atoms with Crippen molar-refractivity contribution in [2.24, 2.45) is 11.1 Å². The van der Waals surface area contributed by atoms with Crippen LogP contribution in [-0.2, 0) is 14.3 Å². The fourth-order valence-electron chi connectivity index (χ4n) is 1.80. The van der Waals surface area contributed by atoms with E-state index in [2.05, 4.69) is 19.2 Å². The van der Waals surface area contributed by atoms with Gasteiger partial charge in [0.25, 0.3) is 0 Å². The normalized spacial score (nSPS) is 11.2. The quantitative estimate of drug-likeness (QED) is 0.568. The van der Waals surface area contributed by atoms with Crippen molar-refractivity contribution >= 4 is 11.8 Å². The van der Waals surface area contributed by atoms with Crippen LogP contribution in [0.4, 0.5) is 0 Å². The maximum Gasteiger partial charge on any atom is 0.239 e. The van der Waals surface area contributed by atoms with Gasteiger partial charge in [-0.3, -0.25) is 9.59 Å². The SMILES string of the molecule is COCCNC(=O)CN(C)C(=O)CCC(C)(C)CCN. The second-order valence-corrected chi connectivity index (χ2v) is 5.80. The van der Waals surface area contributed by atoms with Gasteiger partial charge in [-0.15, -0.1) is 0 Å². The number of nitrogens with two attached hydrogens (primary N) is 1. The minimum Gasteiger partial charge on any atom is -0.383 e. The van der Waals surface area contributed by atoms with Crippen molar-refractivity contribution in [3.63, 3.8) is 0 Å². The highest BCUT2D eigenvalue weighted by Gasteiger charge is 2.20. The largest absolute Gasteiger partial charge is 0.383 e. The Bertz CT molecular complexity index is 306. The molecule has 118 valence electrons. The zero-order valence-electron chi connectivity index (χ0n) is 13.2. The summed E-state index contributed by atoms with van der Waals surface area (Å²) in [5.41, 5.74) is 5.61. The van der Waals surface area contributed by atoms with Crippen LogP contribution in [0.5, 0.6) is 0 Å². The third kappa shape index (κ3) is 8.87. The third-order valence-corrected chi connectivity index (χ3v) is 3.27. The van der Waals surface area contributed by atoms with Crippen molar-refractivity contribution in [2.45, 2.75) is 33.1 Å². The van der Waals surface area contributed by atoms with Crippen LogP contribution >= 0.6 is 0 Å². The number of hydrogen-bond acceptors (Lipinski definition) is 4. The summed E-state index contributed by atoms with van der Waals surface area (Å²) in [4.78, 5) is 25.0. The van der Waals surface area contributed by atoms with Crippen LogP contribution in [0.1, 0.15) is 33.1 Å². The fourth-order valence-corrected chi connectivity index (χ4v) is 1.80. The lowest BCUT2D eigenvalue weighted by Gasteiger charge is -2.25. The number of nitrogens with one attached hydrogen (secondary N) is 1. The molecule has 0 heterocycles. The van der Waals surface area contributed by atoms with Crippen LogP contribution in [0.2, 0.25) is 0 Å². The van der Waals surface area contributed by atoms with Gasteiger partial charge in [-0.25, -0.2) is 0 Å². The van der Waals surface area contributed by atoms with Gasteiger partial charge in [0.2, 0.25) is 11.8 Å². The Hall–Kier alpha value is -1.14. The van der Waals surface area contributed by atoms with Crippen molar-refractivity contribution in [2.75, 3.05) is 40.4 Å². The monoisotopic (exact) mass is 287 g/mol. The molecule has 0 aromatic rings. The van der Waals surface area contributed by atoms with Gasteiger partial charge in [-0.1, -0.05) is 13.8 Å². The minimum absolute atomic E-state index is 0.0167. The molecule has 0 saturated carbocycles. The summed E-state index contributed by atoms with van der Waals surface area (Å²) >= 11 is 0. The van der Waals surface area contributed by atoms with E-state index in [1.54, 1.807) is 14.2 Å². The van der Waals surface area contributed by atoms with Crippen molar-refractivity contribution < 1.29 is 14.3 Å². The van der Waals surface area contributed by atoms with Crippen LogP contribution in [0.3, 0.4) is 0 Å². The van der Waals surface area contributed by atoms with E-state index in [1.807, 2.05) is 0 Å². The molecule has 0 aliphatic carbocycles. The Morgan fingerprint density at radius 2 is 1.95 bits per heavy atom. The summed E-state index contributed by atoms with van der Waals surface area (Å²) in [5, 5.41) is 2.69. The van der Waals surface area contributed by atoms with Gasteiger partial charge in [0.05, 0.1) is 13.2 Å². The number of nitrogens with zero attached hydrogens (tertiary/aromatic N) is 1. The third-order valence-electron chi connectivity index (χ3n) is 3.27. The molecule has 0 bridgehead atoms. The summed E-state index contributed by atoms with van der Waals surface area (Å²) < 4.78 is 4.84. The molecule has 6 nitrogen and oxygen atoms in total. The second kappa shape index (κ2) is 9.72. The van der Waals surface area contributed by atoms with Crippen molar-refractivity contribution in [1.29, 1.82) is 0 Å². The van der Waals surface area contributed by atoms with E-state index in [-0.39, 0.29) is 23.8 Å². The number of amides is 2. The van der Waals surface area contributed by atoms with Gasteiger partial charge in [0.15, 0.2) is 0 Å². The lowest BCUT2D eigenvalue weighted by atomic mass is 9.84. The van der Waals surface area contributed by atoms with Gasteiger partial charge >= 0.3 is 0 Å². The van der Waals surface area contributed by atoms with Crippen LogP contribution in [0.25, 0.3) is 0 Å². The van der Waals surface area contributed by atoms with E-state index < -0.39 is 0 Å². The Morgan fingerprint density at radius 3 is 2.50 bits per heavy atom. The van der Waals surface area contributed by atoms with Gasteiger partial charge in [-0.05, 0) is 24.8 Å². The molecule has 0 aromatic heterocycles. The van der Waals surface area contributed by atoms with E-state index in [1.165, 1.54) is 4.90 Å². The van der Waals surface area contributed by atoms with E-state index >= 15 is 0 Å². The first kappa shape index (κ1) is 18.9. The molecule has 0 saturated heterocycles. The summed E-state index contributed by atoms with van der Waals surface area (Å²) in [7, 11) is 3.22.